The maximum absolute atomic E-state index is 11.2. The molecule has 0 bridgehead atoms. The van der Waals surface area contributed by atoms with Crippen LogP contribution in [0, 0.1) is 0 Å². The lowest BCUT2D eigenvalue weighted by Gasteiger charge is -2.07. The van der Waals surface area contributed by atoms with Gasteiger partial charge in [0.25, 0.3) is 5.56 Å². The van der Waals surface area contributed by atoms with Gasteiger partial charge in [-0.15, -0.1) is 0 Å². The highest BCUT2D eigenvalue weighted by Gasteiger charge is 2.05. The summed E-state index contributed by atoms with van der Waals surface area (Å²) in [7, 11) is 0. The Morgan fingerprint density at radius 3 is 2.95 bits per heavy atom. The summed E-state index contributed by atoms with van der Waals surface area (Å²) in [5, 5.41) is 4.53. The summed E-state index contributed by atoms with van der Waals surface area (Å²) >= 11 is 7.61. The van der Waals surface area contributed by atoms with E-state index in [0.717, 1.165) is 30.0 Å². The summed E-state index contributed by atoms with van der Waals surface area (Å²) in [6, 6.07) is 7.29. The molecule has 0 spiro atoms. The van der Waals surface area contributed by atoms with Gasteiger partial charge in [0, 0.05) is 23.7 Å². The van der Waals surface area contributed by atoms with Gasteiger partial charge in [-0.05, 0) is 30.7 Å². The minimum absolute atomic E-state index is 0.168. The van der Waals surface area contributed by atoms with Crippen molar-refractivity contribution in [3.05, 3.63) is 51.4 Å². The summed E-state index contributed by atoms with van der Waals surface area (Å²) < 4.78 is 0. The Bertz CT molecular complexity index is 630. The number of aromatic amines is 1. The molecule has 1 aromatic heterocycles. The predicted molar refractivity (Wildman–Crippen MR) is 82.4 cm³/mol. The second-order valence-electron chi connectivity index (χ2n) is 4.28. The first-order valence-electron chi connectivity index (χ1n) is 6.41. The number of halogens is 1. The fraction of sp³-hybridized carbons (Fsp3) is 0.286. The van der Waals surface area contributed by atoms with Gasteiger partial charge in [0.15, 0.2) is 5.16 Å². The topological polar surface area (TPSA) is 57.8 Å². The van der Waals surface area contributed by atoms with Crippen LogP contribution in [0.1, 0.15) is 18.9 Å². The average Bonchev–Trinajstić information content (AvgIpc) is 2.42. The third-order valence-corrected chi connectivity index (χ3v) is 4.01. The smallest absolute Gasteiger partial charge is 0.251 e. The zero-order valence-corrected chi connectivity index (χ0v) is 12.7. The molecule has 0 fully saturated rings. The predicted octanol–water partition coefficient (Wildman–Crippen LogP) is 3.07. The minimum Gasteiger partial charge on any atom is -0.313 e. The van der Waals surface area contributed by atoms with E-state index in [-0.39, 0.29) is 5.56 Å². The second-order valence-corrected chi connectivity index (χ2v) is 5.72. The molecule has 0 amide bonds. The molecule has 0 radical (unpaired) electrons. The Morgan fingerprint density at radius 1 is 1.40 bits per heavy atom. The molecule has 0 atom stereocenters. The monoisotopic (exact) mass is 309 g/mol. The van der Waals surface area contributed by atoms with Gasteiger partial charge in [0.2, 0.25) is 0 Å². The lowest BCUT2D eigenvalue weighted by Crippen LogP contribution is -2.13. The Kier molecular flexibility index (Phi) is 5.64. The normalized spacial score (nSPS) is 10.7. The molecule has 20 heavy (non-hydrogen) atoms. The van der Waals surface area contributed by atoms with Gasteiger partial charge in [-0.2, -0.15) is 0 Å². The Morgan fingerprint density at radius 2 is 2.25 bits per heavy atom. The van der Waals surface area contributed by atoms with E-state index in [2.05, 4.69) is 22.2 Å². The highest BCUT2D eigenvalue weighted by atomic mass is 35.5. The van der Waals surface area contributed by atoms with Gasteiger partial charge in [0.1, 0.15) is 0 Å². The second kappa shape index (κ2) is 7.47. The molecule has 0 aliphatic rings. The van der Waals surface area contributed by atoms with Crippen LogP contribution in [0.3, 0.4) is 0 Å². The van der Waals surface area contributed by atoms with Crippen LogP contribution in [0.15, 0.2) is 45.3 Å². The summed E-state index contributed by atoms with van der Waals surface area (Å²) in [5.74, 6) is 0. The van der Waals surface area contributed by atoms with E-state index < -0.39 is 0 Å². The van der Waals surface area contributed by atoms with Crippen molar-refractivity contribution >= 4 is 23.4 Å². The number of aromatic nitrogens is 2. The van der Waals surface area contributed by atoms with Crippen LogP contribution in [0.4, 0.5) is 0 Å². The first-order chi connectivity index (χ1) is 9.69. The zero-order valence-electron chi connectivity index (χ0n) is 11.1. The summed E-state index contributed by atoms with van der Waals surface area (Å²) in [4.78, 5) is 18.9. The molecule has 6 heteroatoms. The summed E-state index contributed by atoms with van der Waals surface area (Å²) in [6.07, 6.45) is 2.59. The molecule has 0 unspecified atom stereocenters. The molecule has 0 aliphatic carbocycles. The highest BCUT2D eigenvalue weighted by Crippen LogP contribution is 2.31. The first kappa shape index (κ1) is 15.1. The van der Waals surface area contributed by atoms with Crippen molar-refractivity contribution in [3.8, 4) is 0 Å². The summed E-state index contributed by atoms with van der Waals surface area (Å²) in [5.41, 5.74) is 0.973. The lowest BCUT2D eigenvalue weighted by atomic mass is 10.2. The van der Waals surface area contributed by atoms with E-state index in [0.29, 0.717) is 10.2 Å². The SMILES string of the molecule is CCCNCc1ccc(Sc2nccc(=O)[nH]2)c(Cl)c1. The van der Waals surface area contributed by atoms with E-state index in [4.69, 9.17) is 11.6 Å². The molecule has 0 saturated heterocycles. The van der Waals surface area contributed by atoms with Crippen molar-refractivity contribution in [1.29, 1.82) is 0 Å². The maximum Gasteiger partial charge on any atom is 0.251 e. The third-order valence-electron chi connectivity index (χ3n) is 2.61. The van der Waals surface area contributed by atoms with Crippen LogP contribution in [-0.4, -0.2) is 16.5 Å². The van der Waals surface area contributed by atoms with E-state index in [9.17, 15) is 4.79 Å². The molecule has 2 rings (SSSR count). The molecule has 2 N–H and O–H groups in total. The van der Waals surface area contributed by atoms with Gasteiger partial charge in [-0.25, -0.2) is 4.98 Å². The minimum atomic E-state index is -0.168. The first-order valence-corrected chi connectivity index (χ1v) is 7.61. The fourth-order valence-corrected chi connectivity index (χ4v) is 2.74. The molecule has 0 aliphatic heterocycles. The van der Waals surface area contributed by atoms with Crippen LogP contribution < -0.4 is 10.9 Å². The quantitative estimate of drug-likeness (QED) is 0.636. The largest absolute Gasteiger partial charge is 0.313 e. The Hall–Kier alpha value is -1.30. The highest BCUT2D eigenvalue weighted by molar-refractivity contribution is 7.99. The van der Waals surface area contributed by atoms with E-state index in [1.165, 1.54) is 24.0 Å². The van der Waals surface area contributed by atoms with Crippen LogP contribution in [-0.2, 0) is 6.54 Å². The van der Waals surface area contributed by atoms with Crippen LogP contribution >= 0.6 is 23.4 Å². The number of nitrogens with zero attached hydrogens (tertiary/aromatic N) is 1. The van der Waals surface area contributed by atoms with Crippen molar-refractivity contribution < 1.29 is 0 Å². The Labute approximate surface area is 127 Å². The van der Waals surface area contributed by atoms with Crippen molar-refractivity contribution in [2.45, 2.75) is 29.9 Å². The summed E-state index contributed by atoms with van der Waals surface area (Å²) in [6.45, 7) is 3.93. The maximum atomic E-state index is 11.2. The van der Waals surface area contributed by atoms with Crippen LogP contribution in [0.5, 0.6) is 0 Å². The van der Waals surface area contributed by atoms with Crippen LogP contribution in [0.2, 0.25) is 5.02 Å². The van der Waals surface area contributed by atoms with Crippen molar-refractivity contribution in [3.63, 3.8) is 0 Å². The number of hydrogen-bond donors (Lipinski definition) is 2. The standard InChI is InChI=1S/C14H16ClN3OS/c1-2-6-16-9-10-3-4-12(11(15)8-10)20-14-17-7-5-13(19)18-14/h3-5,7-8,16H,2,6,9H2,1H3,(H,17,18,19). The Balaban J connectivity index is 2.07. The molecule has 2 aromatic rings. The molecule has 106 valence electrons. The van der Waals surface area contributed by atoms with E-state index >= 15 is 0 Å². The van der Waals surface area contributed by atoms with E-state index in [1.54, 1.807) is 0 Å². The number of nitrogens with one attached hydrogen (secondary N) is 2. The molecule has 1 aromatic carbocycles. The molecular weight excluding hydrogens is 294 g/mol. The van der Waals surface area contributed by atoms with Crippen molar-refractivity contribution in [1.82, 2.24) is 15.3 Å². The van der Waals surface area contributed by atoms with Crippen LogP contribution in [0.25, 0.3) is 0 Å². The molecule has 4 nitrogen and oxygen atoms in total. The van der Waals surface area contributed by atoms with Gasteiger partial charge >= 0.3 is 0 Å². The van der Waals surface area contributed by atoms with Crippen molar-refractivity contribution in [2.24, 2.45) is 0 Å². The number of rotatable bonds is 6. The number of benzene rings is 1. The van der Waals surface area contributed by atoms with Gasteiger partial charge in [-0.3, -0.25) is 4.79 Å². The molecule has 0 saturated carbocycles. The van der Waals surface area contributed by atoms with Gasteiger partial charge in [-0.1, -0.05) is 36.4 Å². The van der Waals surface area contributed by atoms with E-state index in [1.807, 2.05) is 18.2 Å². The fourth-order valence-electron chi connectivity index (χ4n) is 1.65. The lowest BCUT2D eigenvalue weighted by molar-refractivity contribution is 0.675. The van der Waals surface area contributed by atoms with Crippen molar-refractivity contribution in [2.75, 3.05) is 6.54 Å². The zero-order chi connectivity index (χ0) is 14.4. The average molecular weight is 310 g/mol. The molecule has 1 heterocycles. The van der Waals surface area contributed by atoms with Gasteiger partial charge < -0.3 is 10.3 Å². The molecular formula is C14H16ClN3OS. The van der Waals surface area contributed by atoms with Gasteiger partial charge in [0.05, 0.1) is 5.02 Å². The third kappa shape index (κ3) is 4.37. The number of hydrogen-bond acceptors (Lipinski definition) is 4. The number of H-pyrrole nitrogens is 1.